The molecular weight excluding hydrogens is 274 g/mol. The highest BCUT2D eigenvalue weighted by Gasteiger charge is 2.16. The van der Waals surface area contributed by atoms with Gasteiger partial charge in [-0.2, -0.15) is 0 Å². The maximum absolute atomic E-state index is 4.62. The van der Waals surface area contributed by atoms with E-state index in [0.717, 1.165) is 41.6 Å². The molecule has 5 heteroatoms. The second-order valence-electron chi connectivity index (χ2n) is 5.78. The fourth-order valence-electron chi connectivity index (χ4n) is 3.19. The highest BCUT2D eigenvalue weighted by atomic mass is 15.2. The van der Waals surface area contributed by atoms with Crippen molar-refractivity contribution in [1.82, 2.24) is 19.4 Å². The number of hydrogen-bond acceptors (Lipinski definition) is 4. The third-order valence-corrected chi connectivity index (χ3v) is 4.28. The Morgan fingerprint density at radius 2 is 1.91 bits per heavy atom. The molecule has 112 valence electrons. The lowest BCUT2D eigenvalue weighted by Crippen LogP contribution is -2.30. The van der Waals surface area contributed by atoms with Gasteiger partial charge in [0.05, 0.1) is 17.1 Å². The van der Waals surface area contributed by atoms with Gasteiger partial charge >= 0.3 is 0 Å². The number of fused-ring (bicyclic) bond motifs is 1. The molecular formula is C17H19N5. The molecule has 1 fully saturated rings. The molecule has 1 aliphatic rings. The summed E-state index contributed by atoms with van der Waals surface area (Å²) in [4.78, 5) is 15.9. The fourth-order valence-corrected chi connectivity index (χ4v) is 3.19. The van der Waals surface area contributed by atoms with Crippen LogP contribution in [0.3, 0.4) is 0 Å². The summed E-state index contributed by atoms with van der Waals surface area (Å²) in [5.41, 5.74) is 3.94. The normalized spacial score (nSPS) is 15.4. The number of nitrogens with zero attached hydrogens (tertiary/aromatic N) is 5. The standard InChI is InChI=1S/C17H19N5/c1-13-17(22-10-6-3-7-15(22)20-13)14-11-16(19-12-18-14)21-8-4-2-5-9-21/h3,6-7,10-12H,2,4-5,8-9H2,1H3. The summed E-state index contributed by atoms with van der Waals surface area (Å²) >= 11 is 0. The van der Waals surface area contributed by atoms with Crippen molar-refractivity contribution in [3.05, 3.63) is 42.5 Å². The summed E-state index contributed by atoms with van der Waals surface area (Å²) in [6.07, 6.45) is 7.51. The van der Waals surface area contributed by atoms with Crippen LogP contribution in [0.5, 0.6) is 0 Å². The number of anilines is 1. The molecule has 0 aromatic carbocycles. The first kappa shape index (κ1) is 13.2. The van der Waals surface area contributed by atoms with Gasteiger partial charge in [0, 0.05) is 25.4 Å². The molecule has 4 heterocycles. The van der Waals surface area contributed by atoms with Crippen LogP contribution in [0.25, 0.3) is 17.0 Å². The van der Waals surface area contributed by atoms with Crippen molar-refractivity contribution in [2.75, 3.05) is 18.0 Å². The molecule has 3 aromatic heterocycles. The van der Waals surface area contributed by atoms with E-state index in [1.54, 1.807) is 6.33 Å². The van der Waals surface area contributed by atoms with E-state index in [1.807, 2.05) is 31.3 Å². The van der Waals surface area contributed by atoms with Gasteiger partial charge in [0.2, 0.25) is 0 Å². The largest absolute Gasteiger partial charge is 0.357 e. The summed E-state index contributed by atoms with van der Waals surface area (Å²) in [5, 5.41) is 0. The van der Waals surface area contributed by atoms with Gasteiger partial charge < -0.3 is 4.90 Å². The van der Waals surface area contributed by atoms with Crippen LogP contribution < -0.4 is 4.90 Å². The van der Waals surface area contributed by atoms with Gasteiger partial charge in [0.25, 0.3) is 0 Å². The molecule has 1 saturated heterocycles. The summed E-state index contributed by atoms with van der Waals surface area (Å²) in [6.45, 7) is 4.20. The Balaban J connectivity index is 1.80. The monoisotopic (exact) mass is 293 g/mol. The topological polar surface area (TPSA) is 46.3 Å². The van der Waals surface area contributed by atoms with Crippen molar-refractivity contribution in [3.63, 3.8) is 0 Å². The van der Waals surface area contributed by atoms with E-state index in [4.69, 9.17) is 0 Å². The number of hydrogen-bond donors (Lipinski definition) is 0. The average molecular weight is 293 g/mol. The molecule has 0 aliphatic carbocycles. The van der Waals surface area contributed by atoms with Crippen molar-refractivity contribution in [1.29, 1.82) is 0 Å². The molecule has 0 unspecified atom stereocenters. The van der Waals surface area contributed by atoms with Gasteiger partial charge in [-0.25, -0.2) is 15.0 Å². The van der Waals surface area contributed by atoms with Crippen LogP contribution in [-0.4, -0.2) is 32.4 Å². The van der Waals surface area contributed by atoms with Crippen molar-refractivity contribution in [2.45, 2.75) is 26.2 Å². The molecule has 3 aromatic rings. The Morgan fingerprint density at radius 1 is 1.05 bits per heavy atom. The first-order valence-electron chi connectivity index (χ1n) is 7.84. The molecule has 0 amide bonds. The van der Waals surface area contributed by atoms with Gasteiger partial charge in [-0.05, 0) is 38.3 Å². The lowest BCUT2D eigenvalue weighted by atomic mass is 10.1. The van der Waals surface area contributed by atoms with E-state index >= 15 is 0 Å². The van der Waals surface area contributed by atoms with E-state index < -0.39 is 0 Å². The highest BCUT2D eigenvalue weighted by molar-refractivity contribution is 5.66. The molecule has 0 spiro atoms. The lowest BCUT2D eigenvalue weighted by Gasteiger charge is -2.27. The van der Waals surface area contributed by atoms with Crippen LogP contribution in [0, 0.1) is 6.92 Å². The van der Waals surface area contributed by atoms with Crippen molar-refractivity contribution in [2.24, 2.45) is 0 Å². The Morgan fingerprint density at radius 3 is 2.77 bits per heavy atom. The maximum atomic E-state index is 4.62. The van der Waals surface area contributed by atoms with E-state index in [-0.39, 0.29) is 0 Å². The first-order chi connectivity index (χ1) is 10.8. The van der Waals surface area contributed by atoms with Crippen LogP contribution in [0.15, 0.2) is 36.8 Å². The quantitative estimate of drug-likeness (QED) is 0.728. The van der Waals surface area contributed by atoms with Crippen molar-refractivity contribution < 1.29 is 0 Å². The third-order valence-electron chi connectivity index (χ3n) is 4.28. The molecule has 5 nitrogen and oxygen atoms in total. The Kier molecular flexibility index (Phi) is 3.25. The minimum Gasteiger partial charge on any atom is -0.357 e. The van der Waals surface area contributed by atoms with E-state index in [2.05, 4.69) is 30.3 Å². The van der Waals surface area contributed by atoms with Crippen molar-refractivity contribution in [3.8, 4) is 11.4 Å². The smallest absolute Gasteiger partial charge is 0.137 e. The predicted molar refractivity (Wildman–Crippen MR) is 87.0 cm³/mol. The number of aromatic nitrogens is 4. The Labute approximate surface area is 129 Å². The number of aryl methyl sites for hydroxylation is 1. The van der Waals surface area contributed by atoms with Crippen LogP contribution >= 0.6 is 0 Å². The fraction of sp³-hybridized carbons (Fsp3) is 0.353. The van der Waals surface area contributed by atoms with E-state index in [9.17, 15) is 0 Å². The second kappa shape index (κ2) is 5.40. The lowest BCUT2D eigenvalue weighted by molar-refractivity contribution is 0.573. The number of imidazole rings is 1. The van der Waals surface area contributed by atoms with Gasteiger partial charge in [-0.1, -0.05) is 6.07 Å². The molecule has 22 heavy (non-hydrogen) atoms. The van der Waals surface area contributed by atoms with Crippen molar-refractivity contribution >= 4 is 11.5 Å². The minimum absolute atomic E-state index is 0.937. The van der Waals surface area contributed by atoms with Gasteiger partial charge in [-0.3, -0.25) is 4.40 Å². The number of piperidine rings is 1. The first-order valence-corrected chi connectivity index (χ1v) is 7.84. The summed E-state index contributed by atoms with van der Waals surface area (Å²) in [7, 11) is 0. The van der Waals surface area contributed by atoms with Crippen LogP contribution in [-0.2, 0) is 0 Å². The third kappa shape index (κ3) is 2.22. The van der Waals surface area contributed by atoms with Gasteiger partial charge in [0.1, 0.15) is 17.8 Å². The molecule has 1 aliphatic heterocycles. The minimum atomic E-state index is 0.937. The Hall–Kier alpha value is -2.43. The molecule has 0 radical (unpaired) electrons. The van der Waals surface area contributed by atoms with E-state index in [1.165, 1.54) is 19.3 Å². The second-order valence-corrected chi connectivity index (χ2v) is 5.78. The zero-order valence-corrected chi connectivity index (χ0v) is 12.7. The molecule has 4 rings (SSSR count). The van der Waals surface area contributed by atoms with Crippen LogP contribution in [0.4, 0.5) is 5.82 Å². The molecule has 0 N–H and O–H groups in total. The highest BCUT2D eigenvalue weighted by Crippen LogP contribution is 2.26. The number of pyridine rings is 1. The Bertz CT molecular complexity index is 802. The van der Waals surface area contributed by atoms with E-state index in [0.29, 0.717) is 0 Å². The summed E-state index contributed by atoms with van der Waals surface area (Å²) in [6, 6.07) is 8.13. The summed E-state index contributed by atoms with van der Waals surface area (Å²) < 4.78 is 2.09. The molecule has 0 bridgehead atoms. The van der Waals surface area contributed by atoms with Gasteiger partial charge in [-0.15, -0.1) is 0 Å². The maximum Gasteiger partial charge on any atom is 0.137 e. The number of rotatable bonds is 2. The average Bonchev–Trinajstić information content (AvgIpc) is 2.91. The van der Waals surface area contributed by atoms with Crippen LogP contribution in [0.2, 0.25) is 0 Å². The molecule has 0 atom stereocenters. The van der Waals surface area contributed by atoms with Crippen LogP contribution in [0.1, 0.15) is 25.0 Å². The SMILES string of the molecule is Cc1nc2ccccn2c1-c1cc(N2CCCCC2)ncn1. The zero-order valence-electron chi connectivity index (χ0n) is 12.7. The summed E-state index contributed by atoms with van der Waals surface area (Å²) in [5.74, 6) is 1.02. The van der Waals surface area contributed by atoms with Gasteiger partial charge in [0.15, 0.2) is 0 Å². The molecule has 0 saturated carbocycles. The zero-order chi connectivity index (χ0) is 14.9. The predicted octanol–water partition coefficient (Wildman–Crippen LogP) is 3.09.